The molecule has 2 rings (SSSR count). The fraction of sp³-hybridized carbons (Fsp3) is 0.467. The number of nitrogens with zero attached hydrogens (tertiary/aromatic N) is 2. The molecule has 1 unspecified atom stereocenters. The molecule has 2 aromatic rings. The van der Waals surface area contributed by atoms with Crippen LogP contribution in [-0.2, 0) is 6.42 Å². The summed E-state index contributed by atoms with van der Waals surface area (Å²) >= 11 is 1.82. The van der Waals surface area contributed by atoms with Gasteiger partial charge in [0.05, 0.1) is 6.04 Å². The van der Waals surface area contributed by atoms with Crippen LogP contribution < -0.4 is 10.6 Å². The Kier molecular flexibility index (Phi) is 4.60. The zero-order chi connectivity index (χ0) is 14.7. The van der Waals surface area contributed by atoms with Gasteiger partial charge in [-0.2, -0.15) is 0 Å². The van der Waals surface area contributed by atoms with E-state index in [-0.39, 0.29) is 6.04 Å². The summed E-state index contributed by atoms with van der Waals surface area (Å²) in [5.41, 5.74) is 1.06. The molecule has 1 atom stereocenters. The number of thiophene rings is 1. The molecule has 0 aliphatic carbocycles. The average molecular weight is 290 g/mol. The van der Waals surface area contributed by atoms with Gasteiger partial charge in [-0.25, -0.2) is 9.97 Å². The first-order valence-electron chi connectivity index (χ1n) is 6.93. The van der Waals surface area contributed by atoms with Crippen LogP contribution in [0.3, 0.4) is 0 Å². The molecular weight excluding hydrogens is 268 g/mol. The molecule has 5 heteroatoms. The minimum absolute atomic E-state index is 0.247. The summed E-state index contributed by atoms with van der Waals surface area (Å²) in [6.45, 7) is 8.41. The predicted molar refractivity (Wildman–Crippen MR) is 86.8 cm³/mol. The molecule has 0 saturated heterocycles. The van der Waals surface area contributed by atoms with Crippen LogP contribution in [0.1, 0.15) is 41.0 Å². The van der Waals surface area contributed by atoms with Crippen molar-refractivity contribution in [3.63, 3.8) is 0 Å². The second-order valence-corrected chi connectivity index (χ2v) is 6.20. The second kappa shape index (κ2) is 6.22. The third-order valence-corrected chi connectivity index (χ3v) is 4.47. The average Bonchev–Trinajstić information content (AvgIpc) is 2.87. The standard InChI is InChI=1S/C15H22N4S/c1-6-13-18-14(16-5)10(3)15(19-13)17-11(4)12-8-7-9(2)20-12/h7-8,11H,6H2,1-5H3,(H2,16,17,18,19). The van der Waals surface area contributed by atoms with Crippen LogP contribution in [0.2, 0.25) is 0 Å². The van der Waals surface area contributed by atoms with Crippen LogP contribution in [0.4, 0.5) is 11.6 Å². The van der Waals surface area contributed by atoms with E-state index in [0.717, 1.165) is 29.4 Å². The van der Waals surface area contributed by atoms with E-state index < -0.39 is 0 Å². The van der Waals surface area contributed by atoms with Crippen molar-refractivity contribution in [2.24, 2.45) is 0 Å². The highest BCUT2D eigenvalue weighted by Gasteiger charge is 2.13. The van der Waals surface area contributed by atoms with Gasteiger partial charge in [-0.15, -0.1) is 11.3 Å². The molecule has 2 aromatic heterocycles. The Labute approximate surface area is 124 Å². The Morgan fingerprint density at radius 1 is 1.20 bits per heavy atom. The maximum atomic E-state index is 4.61. The lowest BCUT2D eigenvalue weighted by Crippen LogP contribution is -2.12. The monoisotopic (exact) mass is 290 g/mol. The van der Waals surface area contributed by atoms with Crippen molar-refractivity contribution in [2.75, 3.05) is 17.7 Å². The second-order valence-electron chi connectivity index (χ2n) is 4.88. The van der Waals surface area contributed by atoms with E-state index >= 15 is 0 Å². The Hall–Kier alpha value is -1.62. The molecule has 0 spiro atoms. The van der Waals surface area contributed by atoms with E-state index in [1.54, 1.807) is 0 Å². The largest absolute Gasteiger partial charge is 0.373 e. The number of hydrogen-bond donors (Lipinski definition) is 2. The van der Waals surface area contributed by atoms with Crippen molar-refractivity contribution < 1.29 is 0 Å². The van der Waals surface area contributed by atoms with Gasteiger partial charge in [0.1, 0.15) is 17.5 Å². The Bertz CT molecular complexity index is 592. The topological polar surface area (TPSA) is 49.8 Å². The van der Waals surface area contributed by atoms with Gasteiger partial charge in [0.15, 0.2) is 0 Å². The Morgan fingerprint density at radius 3 is 2.45 bits per heavy atom. The molecule has 0 aliphatic rings. The molecule has 20 heavy (non-hydrogen) atoms. The highest BCUT2D eigenvalue weighted by molar-refractivity contribution is 7.12. The molecule has 0 amide bonds. The molecule has 0 fully saturated rings. The molecular formula is C15H22N4S. The molecule has 2 heterocycles. The molecule has 2 N–H and O–H groups in total. The summed E-state index contributed by atoms with van der Waals surface area (Å²) in [5.74, 6) is 2.67. The lowest BCUT2D eigenvalue weighted by molar-refractivity contribution is 0.866. The fourth-order valence-electron chi connectivity index (χ4n) is 2.07. The number of nitrogens with one attached hydrogen (secondary N) is 2. The summed E-state index contributed by atoms with van der Waals surface area (Å²) in [7, 11) is 1.89. The third-order valence-electron chi connectivity index (χ3n) is 3.29. The van der Waals surface area contributed by atoms with Crippen LogP contribution in [0.15, 0.2) is 12.1 Å². The van der Waals surface area contributed by atoms with Gasteiger partial charge < -0.3 is 10.6 Å². The number of aromatic nitrogens is 2. The summed E-state index contributed by atoms with van der Waals surface area (Å²) in [5, 5.41) is 6.65. The molecule has 4 nitrogen and oxygen atoms in total. The molecule has 108 valence electrons. The number of anilines is 2. The third kappa shape index (κ3) is 3.10. The molecule has 0 aromatic carbocycles. The Balaban J connectivity index is 2.28. The van der Waals surface area contributed by atoms with Crippen LogP contribution in [0.25, 0.3) is 0 Å². The van der Waals surface area contributed by atoms with Crippen molar-refractivity contribution >= 4 is 23.0 Å². The minimum atomic E-state index is 0.247. The van der Waals surface area contributed by atoms with Crippen LogP contribution in [0, 0.1) is 13.8 Å². The number of rotatable bonds is 5. The summed E-state index contributed by atoms with van der Waals surface area (Å²) < 4.78 is 0. The van der Waals surface area contributed by atoms with E-state index in [0.29, 0.717) is 0 Å². The van der Waals surface area contributed by atoms with Crippen molar-refractivity contribution in [2.45, 2.75) is 40.2 Å². The van der Waals surface area contributed by atoms with Crippen LogP contribution in [-0.4, -0.2) is 17.0 Å². The number of hydrogen-bond acceptors (Lipinski definition) is 5. The first kappa shape index (κ1) is 14.8. The highest BCUT2D eigenvalue weighted by atomic mass is 32.1. The maximum Gasteiger partial charge on any atom is 0.135 e. The summed E-state index contributed by atoms with van der Waals surface area (Å²) in [6.07, 6.45) is 0.829. The van der Waals surface area contributed by atoms with Gasteiger partial charge in [0.25, 0.3) is 0 Å². The van der Waals surface area contributed by atoms with Crippen molar-refractivity contribution in [3.8, 4) is 0 Å². The van der Waals surface area contributed by atoms with Crippen LogP contribution in [0.5, 0.6) is 0 Å². The lowest BCUT2D eigenvalue weighted by Gasteiger charge is -2.17. The first-order valence-corrected chi connectivity index (χ1v) is 7.75. The van der Waals surface area contributed by atoms with Gasteiger partial charge in [0, 0.05) is 28.8 Å². The highest BCUT2D eigenvalue weighted by Crippen LogP contribution is 2.28. The van der Waals surface area contributed by atoms with E-state index in [2.05, 4.69) is 53.5 Å². The van der Waals surface area contributed by atoms with Crippen molar-refractivity contribution in [1.82, 2.24) is 9.97 Å². The van der Waals surface area contributed by atoms with E-state index in [4.69, 9.17) is 0 Å². The molecule has 0 saturated carbocycles. The Morgan fingerprint density at radius 2 is 1.90 bits per heavy atom. The van der Waals surface area contributed by atoms with E-state index in [9.17, 15) is 0 Å². The van der Waals surface area contributed by atoms with Crippen molar-refractivity contribution in [1.29, 1.82) is 0 Å². The molecule has 0 bridgehead atoms. The zero-order valence-corrected chi connectivity index (χ0v) is 13.6. The van der Waals surface area contributed by atoms with Gasteiger partial charge >= 0.3 is 0 Å². The maximum absolute atomic E-state index is 4.61. The fourth-order valence-corrected chi connectivity index (χ4v) is 2.95. The summed E-state index contributed by atoms with van der Waals surface area (Å²) in [4.78, 5) is 11.8. The van der Waals surface area contributed by atoms with E-state index in [1.807, 2.05) is 25.3 Å². The van der Waals surface area contributed by atoms with Crippen LogP contribution >= 0.6 is 11.3 Å². The number of aryl methyl sites for hydroxylation is 2. The van der Waals surface area contributed by atoms with Gasteiger partial charge in [-0.05, 0) is 32.9 Å². The van der Waals surface area contributed by atoms with Gasteiger partial charge in [-0.1, -0.05) is 6.92 Å². The van der Waals surface area contributed by atoms with Gasteiger partial charge in [-0.3, -0.25) is 0 Å². The first-order chi connectivity index (χ1) is 9.55. The SMILES string of the molecule is CCc1nc(NC)c(C)c(NC(C)c2ccc(C)s2)n1. The van der Waals surface area contributed by atoms with Gasteiger partial charge in [0.2, 0.25) is 0 Å². The van der Waals surface area contributed by atoms with E-state index in [1.165, 1.54) is 9.75 Å². The lowest BCUT2D eigenvalue weighted by atomic mass is 10.2. The quantitative estimate of drug-likeness (QED) is 0.876. The summed E-state index contributed by atoms with van der Waals surface area (Å²) in [6, 6.07) is 4.58. The van der Waals surface area contributed by atoms with Crippen molar-refractivity contribution in [3.05, 3.63) is 33.3 Å². The smallest absolute Gasteiger partial charge is 0.135 e. The molecule has 0 aliphatic heterocycles. The predicted octanol–water partition coefficient (Wildman–Crippen LogP) is 3.93. The molecule has 0 radical (unpaired) electrons. The normalized spacial score (nSPS) is 12.2. The minimum Gasteiger partial charge on any atom is -0.373 e. The zero-order valence-electron chi connectivity index (χ0n) is 12.7.